The maximum atomic E-state index is 6.10. The van der Waals surface area contributed by atoms with Gasteiger partial charge in [-0.1, -0.05) is 37.0 Å². The predicted molar refractivity (Wildman–Crippen MR) is 86.7 cm³/mol. The summed E-state index contributed by atoms with van der Waals surface area (Å²) in [7, 11) is 0. The molecule has 0 unspecified atom stereocenters. The molecule has 0 radical (unpaired) electrons. The second-order valence-electron chi connectivity index (χ2n) is 6.40. The highest BCUT2D eigenvalue weighted by Gasteiger charge is 2.24. The number of hydrogen-bond acceptors (Lipinski definition) is 4. The van der Waals surface area contributed by atoms with Crippen LogP contribution in [-0.4, -0.2) is 41.3 Å². The van der Waals surface area contributed by atoms with Crippen molar-refractivity contribution in [2.75, 3.05) is 26.2 Å². The molecule has 21 heavy (non-hydrogen) atoms. The Kier molecular flexibility index (Phi) is 6.00. The summed E-state index contributed by atoms with van der Waals surface area (Å²) in [4.78, 5) is 12.0. The van der Waals surface area contributed by atoms with E-state index in [9.17, 15) is 0 Å². The Labute approximate surface area is 132 Å². The Bertz CT molecular complexity index is 456. The van der Waals surface area contributed by atoms with Crippen LogP contribution in [0, 0.1) is 5.41 Å². The zero-order valence-corrected chi connectivity index (χ0v) is 13.6. The molecule has 0 bridgehead atoms. The van der Waals surface area contributed by atoms with Gasteiger partial charge in [-0.2, -0.15) is 0 Å². The Hall–Kier alpha value is -1.13. The SMILES string of the molecule is CC(C)(CON=C(Cl)c1cccnc1)CN1CCCCC1. The van der Waals surface area contributed by atoms with E-state index in [1.54, 1.807) is 12.4 Å². The van der Waals surface area contributed by atoms with Gasteiger partial charge in [-0.3, -0.25) is 4.98 Å². The fourth-order valence-electron chi connectivity index (χ4n) is 2.57. The summed E-state index contributed by atoms with van der Waals surface area (Å²) in [6, 6.07) is 3.69. The van der Waals surface area contributed by atoms with Crippen LogP contribution in [0.3, 0.4) is 0 Å². The molecule has 0 spiro atoms. The standard InChI is InChI=1S/C16H24ClN3O/c1-16(2,12-20-9-4-3-5-10-20)13-21-19-15(17)14-7-6-8-18-11-14/h6-8,11H,3-5,9-10,12-13H2,1-2H3. The normalized spacial score (nSPS) is 17.8. The summed E-state index contributed by atoms with van der Waals surface area (Å²) in [5.41, 5.74) is 0.834. The lowest BCUT2D eigenvalue weighted by molar-refractivity contribution is 0.0391. The van der Waals surface area contributed by atoms with Crippen molar-refractivity contribution >= 4 is 16.8 Å². The van der Waals surface area contributed by atoms with Crippen LogP contribution in [-0.2, 0) is 4.84 Å². The number of halogens is 1. The fourth-order valence-corrected chi connectivity index (χ4v) is 2.73. The van der Waals surface area contributed by atoms with Crippen molar-refractivity contribution in [3.05, 3.63) is 30.1 Å². The van der Waals surface area contributed by atoms with Crippen molar-refractivity contribution in [3.8, 4) is 0 Å². The zero-order valence-electron chi connectivity index (χ0n) is 12.9. The van der Waals surface area contributed by atoms with Crippen molar-refractivity contribution < 1.29 is 4.84 Å². The van der Waals surface area contributed by atoms with Gasteiger partial charge in [0.05, 0.1) is 0 Å². The topological polar surface area (TPSA) is 37.7 Å². The molecule has 0 saturated carbocycles. The molecule has 1 fully saturated rings. The molecule has 1 aliphatic rings. The number of nitrogens with zero attached hydrogens (tertiary/aromatic N) is 3. The summed E-state index contributed by atoms with van der Waals surface area (Å²) in [5, 5.41) is 4.34. The van der Waals surface area contributed by atoms with Crippen LogP contribution in [0.5, 0.6) is 0 Å². The monoisotopic (exact) mass is 309 g/mol. The minimum Gasteiger partial charge on any atom is -0.394 e. The first-order valence-corrected chi connectivity index (χ1v) is 7.93. The number of piperidine rings is 1. The van der Waals surface area contributed by atoms with Crippen molar-refractivity contribution in [2.45, 2.75) is 33.1 Å². The smallest absolute Gasteiger partial charge is 0.177 e. The lowest BCUT2D eigenvalue weighted by Crippen LogP contribution is -2.39. The van der Waals surface area contributed by atoms with Gasteiger partial charge in [-0.05, 0) is 38.1 Å². The fraction of sp³-hybridized carbons (Fsp3) is 0.625. The van der Waals surface area contributed by atoms with Crippen molar-refractivity contribution in [2.24, 2.45) is 10.6 Å². The van der Waals surface area contributed by atoms with E-state index >= 15 is 0 Å². The van der Waals surface area contributed by atoms with Gasteiger partial charge in [0.1, 0.15) is 6.61 Å². The van der Waals surface area contributed by atoms with Gasteiger partial charge >= 0.3 is 0 Å². The van der Waals surface area contributed by atoms with Gasteiger partial charge in [0.2, 0.25) is 0 Å². The minimum atomic E-state index is 0.0624. The van der Waals surface area contributed by atoms with E-state index in [2.05, 4.69) is 28.9 Å². The minimum absolute atomic E-state index is 0.0624. The number of pyridine rings is 1. The average molecular weight is 310 g/mol. The second-order valence-corrected chi connectivity index (χ2v) is 6.76. The lowest BCUT2D eigenvalue weighted by Gasteiger charge is -2.34. The molecule has 0 atom stereocenters. The highest BCUT2D eigenvalue weighted by Crippen LogP contribution is 2.20. The number of hydrogen-bond donors (Lipinski definition) is 0. The van der Waals surface area contributed by atoms with E-state index in [1.807, 2.05) is 12.1 Å². The molecule has 4 nitrogen and oxygen atoms in total. The molecule has 1 saturated heterocycles. The van der Waals surface area contributed by atoms with Gasteiger partial charge in [0, 0.05) is 29.9 Å². The van der Waals surface area contributed by atoms with E-state index in [4.69, 9.17) is 16.4 Å². The second kappa shape index (κ2) is 7.76. The van der Waals surface area contributed by atoms with Crippen molar-refractivity contribution in [1.82, 2.24) is 9.88 Å². The highest BCUT2D eigenvalue weighted by atomic mass is 35.5. The highest BCUT2D eigenvalue weighted by molar-refractivity contribution is 6.69. The first-order valence-electron chi connectivity index (χ1n) is 7.55. The molecule has 0 aliphatic carbocycles. The summed E-state index contributed by atoms with van der Waals surface area (Å²) in [6.07, 6.45) is 7.35. The van der Waals surface area contributed by atoms with Gasteiger partial charge in [-0.25, -0.2) is 0 Å². The molecule has 1 aromatic heterocycles. The van der Waals surface area contributed by atoms with E-state index in [0.717, 1.165) is 12.1 Å². The van der Waals surface area contributed by atoms with Crippen LogP contribution in [0.1, 0.15) is 38.7 Å². The third kappa shape index (κ3) is 5.64. The Morgan fingerprint density at radius 3 is 2.81 bits per heavy atom. The quantitative estimate of drug-likeness (QED) is 0.596. The molecule has 0 N–H and O–H groups in total. The molecule has 0 aromatic carbocycles. The van der Waals surface area contributed by atoms with E-state index in [0.29, 0.717) is 11.8 Å². The third-order valence-electron chi connectivity index (χ3n) is 3.60. The van der Waals surface area contributed by atoms with Crippen LogP contribution < -0.4 is 0 Å². The van der Waals surface area contributed by atoms with E-state index in [-0.39, 0.29) is 5.41 Å². The molecule has 2 rings (SSSR count). The van der Waals surface area contributed by atoms with Gasteiger partial charge < -0.3 is 9.74 Å². The number of rotatable bonds is 6. The number of likely N-dealkylation sites (tertiary alicyclic amines) is 1. The number of aromatic nitrogens is 1. The largest absolute Gasteiger partial charge is 0.394 e. The van der Waals surface area contributed by atoms with Crippen LogP contribution in [0.25, 0.3) is 0 Å². The summed E-state index contributed by atoms with van der Waals surface area (Å²) >= 11 is 6.10. The number of oxime groups is 1. The summed E-state index contributed by atoms with van der Waals surface area (Å²) in [5.74, 6) is 0. The van der Waals surface area contributed by atoms with Crippen molar-refractivity contribution in [3.63, 3.8) is 0 Å². The molecular weight excluding hydrogens is 286 g/mol. The molecule has 1 aliphatic heterocycles. The molecular formula is C16H24ClN3O. The van der Waals surface area contributed by atoms with E-state index < -0.39 is 0 Å². The summed E-state index contributed by atoms with van der Waals surface area (Å²) < 4.78 is 0. The van der Waals surface area contributed by atoms with E-state index in [1.165, 1.54) is 32.4 Å². The average Bonchev–Trinajstić information content (AvgIpc) is 2.48. The van der Waals surface area contributed by atoms with Gasteiger partial charge in [-0.15, -0.1) is 0 Å². The van der Waals surface area contributed by atoms with Crippen LogP contribution in [0.15, 0.2) is 29.7 Å². The zero-order chi connectivity index (χ0) is 15.1. The van der Waals surface area contributed by atoms with Crippen LogP contribution in [0.2, 0.25) is 0 Å². The van der Waals surface area contributed by atoms with Gasteiger partial charge in [0.15, 0.2) is 5.17 Å². The molecule has 2 heterocycles. The molecule has 1 aromatic rings. The lowest BCUT2D eigenvalue weighted by atomic mass is 9.93. The Balaban J connectivity index is 1.80. The third-order valence-corrected chi connectivity index (χ3v) is 3.89. The molecule has 116 valence electrons. The summed E-state index contributed by atoms with van der Waals surface area (Å²) in [6.45, 7) is 8.39. The Morgan fingerprint density at radius 1 is 1.38 bits per heavy atom. The molecule has 0 amide bonds. The first-order chi connectivity index (χ1) is 10.1. The Morgan fingerprint density at radius 2 is 2.14 bits per heavy atom. The van der Waals surface area contributed by atoms with Crippen LogP contribution in [0.4, 0.5) is 0 Å². The van der Waals surface area contributed by atoms with Crippen molar-refractivity contribution in [1.29, 1.82) is 0 Å². The maximum absolute atomic E-state index is 6.10. The molecule has 5 heteroatoms. The van der Waals surface area contributed by atoms with Gasteiger partial charge in [0.25, 0.3) is 0 Å². The van der Waals surface area contributed by atoms with Crippen LogP contribution >= 0.6 is 11.6 Å². The predicted octanol–water partition coefficient (Wildman–Crippen LogP) is 3.51. The maximum Gasteiger partial charge on any atom is 0.177 e. The first kappa shape index (κ1) is 16.2.